The molecule has 0 N–H and O–H groups in total. The van der Waals surface area contributed by atoms with Gasteiger partial charge >= 0.3 is 18.6 Å². The van der Waals surface area contributed by atoms with Crippen LogP contribution in [0.3, 0.4) is 0 Å². The lowest BCUT2D eigenvalue weighted by atomic mass is 10.1. The van der Waals surface area contributed by atoms with Crippen molar-refractivity contribution in [2.45, 2.75) is 104 Å². The van der Waals surface area contributed by atoms with E-state index in [0.29, 0.717) is 0 Å². The van der Waals surface area contributed by atoms with E-state index in [2.05, 4.69) is 27.7 Å². The summed E-state index contributed by atoms with van der Waals surface area (Å²) < 4.78 is 23.7. The highest BCUT2D eigenvalue weighted by Gasteiger charge is 2.13. The molecule has 0 aromatic carbocycles. The van der Waals surface area contributed by atoms with E-state index in [-0.39, 0.29) is 0 Å². The summed E-state index contributed by atoms with van der Waals surface area (Å²) in [7, 11) is -2.80. The fourth-order valence-corrected chi connectivity index (χ4v) is 6.85. The largest absolute Gasteiger partial charge is 0.397 e. The average Bonchev–Trinajstić information content (AvgIpc) is 2.66. The van der Waals surface area contributed by atoms with E-state index < -0.39 is 18.6 Å². The molecule has 0 aromatic heterocycles. The molecule has 0 aliphatic rings. The first-order valence-corrected chi connectivity index (χ1v) is 14.8. The minimum absolute atomic E-state index is 0.867. The Hall–Kier alpha value is 0.274. The van der Waals surface area contributed by atoms with Crippen molar-refractivity contribution in [1.29, 1.82) is 0 Å². The van der Waals surface area contributed by atoms with Crippen LogP contribution in [0.5, 0.6) is 0 Å². The monoisotopic (exact) mass is 406 g/mol. The van der Waals surface area contributed by atoms with Crippen molar-refractivity contribution in [2.24, 2.45) is 0 Å². The maximum atomic E-state index is 5.92. The van der Waals surface area contributed by atoms with Gasteiger partial charge in [-0.1, -0.05) is 66.2 Å². The fourth-order valence-electron chi connectivity index (χ4n) is 2.76. The molecule has 0 heterocycles. The van der Waals surface area contributed by atoms with Crippen molar-refractivity contribution in [3.05, 3.63) is 0 Å². The first-order valence-electron chi connectivity index (χ1n) is 11.2. The Morgan fingerprint density at radius 1 is 0.423 bits per heavy atom. The minimum atomic E-state index is -1.40. The fraction of sp³-hybridized carbons (Fsp3) is 1.00. The van der Waals surface area contributed by atoms with Gasteiger partial charge in [0, 0.05) is 26.4 Å². The van der Waals surface area contributed by atoms with Crippen LogP contribution in [-0.4, -0.2) is 45.0 Å². The van der Waals surface area contributed by atoms with Crippen LogP contribution < -0.4 is 0 Å². The van der Waals surface area contributed by atoms with Crippen LogP contribution in [0.4, 0.5) is 0 Å². The molecule has 0 saturated heterocycles. The summed E-state index contributed by atoms with van der Waals surface area (Å²) in [5.41, 5.74) is 0. The molecule has 4 nitrogen and oxygen atoms in total. The second-order valence-electron chi connectivity index (χ2n) is 7.04. The lowest BCUT2D eigenvalue weighted by molar-refractivity contribution is 0.195. The Kier molecular flexibility index (Phi) is 21.8. The zero-order valence-corrected chi connectivity index (χ0v) is 20.4. The van der Waals surface area contributed by atoms with E-state index in [4.69, 9.17) is 17.7 Å². The summed E-state index contributed by atoms with van der Waals surface area (Å²) in [6.45, 7) is 12.1. The minimum Gasteiger partial charge on any atom is -0.397 e. The molecule has 0 bridgehead atoms. The zero-order chi connectivity index (χ0) is 19.3. The van der Waals surface area contributed by atoms with Gasteiger partial charge < -0.3 is 17.7 Å². The molecule has 158 valence electrons. The van der Waals surface area contributed by atoms with E-state index in [0.717, 1.165) is 52.1 Å². The van der Waals surface area contributed by atoms with E-state index in [9.17, 15) is 0 Å². The van der Waals surface area contributed by atoms with Crippen molar-refractivity contribution in [2.75, 3.05) is 26.4 Å². The van der Waals surface area contributed by atoms with Gasteiger partial charge in [-0.3, -0.25) is 0 Å². The predicted molar refractivity (Wildman–Crippen MR) is 117 cm³/mol. The van der Waals surface area contributed by atoms with Gasteiger partial charge in [0.2, 0.25) is 0 Å². The van der Waals surface area contributed by atoms with E-state index in [1.54, 1.807) is 0 Å². The second kappa shape index (κ2) is 21.6. The first-order chi connectivity index (χ1) is 12.8. The predicted octanol–water partition coefficient (Wildman–Crippen LogP) is 5.47. The van der Waals surface area contributed by atoms with E-state index >= 15 is 0 Å². The normalized spacial score (nSPS) is 11.8. The van der Waals surface area contributed by atoms with Gasteiger partial charge in [0.05, 0.1) is 0 Å². The molecule has 0 aliphatic carbocycles. The molecule has 0 atom stereocenters. The number of unbranched alkanes of at least 4 members (excludes halogenated alkanes) is 5. The van der Waals surface area contributed by atoms with Gasteiger partial charge in [-0.15, -0.1) is 0 Å². The Labute approximate surface area is 167 Å². The van der Waals surface area contributed by atoms with Crippen molar-refractivity contribution in [3.63, 3.8) is 0 Å². The van der Waals surface area contributed by atoms with Crippen molar-refractivity contribution in [3.8, 4) is 0 Å². The van der Waals surface area contributed by atoms with Crippen molar-refractivity contribution >= 4 is 18.6 Å². The van der Waals surface area contributed by atoms with Crippen LogP contribution in [-0.2, 0) is 17.7 Å². The maximum Gasteiger partial charge on any atom is 0.321 e. The summed E-state index contributed by atoms with van der Waals surface area (Å²) in [4.78, 5) is 0. The third-order valence-electron chi connectivity index (χ3n) is 4.16. The topological polar surface area (TPSA) is 36.9 Å². The van der Waals surface area contributed by atoms with Gasteiger partial charge in [-0.2, -0.15) is 0 Å². The van der Waals surface area contributed by atoms with Crippen molar-refractivity contribution < 1.29 is 17.7 Å². The maximum absolute atomic E-state index is 5.92. The summed E-state index contributed by atoms with van der Waals surface area (Å²) in [5, 5.41) is 0. The van der Waals surface area contributed by atoms with Gasteiger partial charge in [0.1, 0.15) is 0 Å². The van der Waals surface area contributed by atoms with Crippen LogP contribution in [0.2, 0.25) is 12.1 Å². The molecule has 0 saturated carbocycles. The van der Waals surface area contributed by atoms with Crippen LogP contribution >= 0.6 is 0 Å². The Balaban J connectivity index is 3.64. The summed E-state index contributed by atoms with van der Waals surface area (Å²) in [6, 6.07) is 2.34. The molecule has 0 amide bonds. The second-order valence-corrected chi connectivity index (χ2v) is 11.2. The highest BCUT2D eigenvalue weighted by atomic mass is 28.3. The first kappa shape index (κ1) is 26.3. The van der Waals surface area contributed by atoms with Crippen LogP contribution in [0.1, 0.15) is 91.9 Å². The third-order valence-corrected chi connectivity index (χ3v) is 8.35. The molecule has 0 radical (unpaired) electrons. The van der Waals surface area contributed by atoms with Gasteiger partial charge in [0.25, 0.3) is 0 Å². The highest BCUT2D eigenvalue weighted by molar-refractivity contribution is 6.44. The van der Waals surface area contributed by atoms with Crippen molar-refractivity contribution in [1.82, 2.24) is 0 Å². The molecule has 0 fully saturated rings. The van der Waals surface area contributed by atoms with E-state index in [1.807, 2.05) is 0 Å². The van der Waals surface area contributed by atoms with Crippen LogP contribution in [0.25, 0.3) is 0 Å². The van der Waals surface area contributed by atoms with Gasteiger partial charge in [-0.05, 0) is 37.8 Å². The molecule has 0 unspecified atom stereocenters. The number of hydrogen-bond acceptors (Lipinski definition) is 4. The van der Waals surface area contributed by atoms with Crippen LogP contribution in [0.15, 0.2) is 0 Å². The highest BCUT2D eigenvalue weighted by Crippen LogP contribution is 2.13. The van der Waals surface area contributed by atoms with Crippen LogP contribution in [0, 0.1) is 0 Å². The average molecular weight is 407 g/mol. The lowest BCUT2D eigenvalue weighted by Gasteiger charge is -2.16. The molecule has 26 heavy (non-hydrogen) atoms. The molecule has 0 aromatic rings. The third kappa shape index (κ3) is 17.7. The Morgan fingerprint density at radius 2 is 0.692 bits per heavy atom. The SMILES string of the molecule is CCCO[SiH](CCCCCCCC[SiH](OCCC)OCCC)OCCC. The molecular weight excluding hydrogens is 360 g/mol. The Bertz CT molecular complexity index is 228. The summed E-state index contributed by atoms with van der Waals surface area (Å²) in [5.74, 6) is 0. The molecular formula is C20H46O4Si2. The smallest absolute Gasteiger partial charge is 0.321 e. The number of rotatable bonds is 21. The number of hydrogen-bond donors (Lipinski definition) is 0. The van der Waals surface area contributed by atoms with E-state index in [1.165, 1.54) is 50.6 Å². The molecule has 0 rings (SSSR count). The molecule has 6 heteroatoms. The van der Waals surface area contributed by atoms with Gasteiger partial charge in [-0.25, -0.2) is 0 Å². The molecule has 0 aliphatic heterocycles. The zero-order valence-electron chi connectivity index (χ0n) is 18.1. The standard InChI is InChI=1S/C20H46O4Si2/c1-5-15-21-25(22-16-6-2)19-13-11-9-10-12-14-20-26(23-17-7-3)24-18-8-4/h25-26H,5-20H2,1-4H3. The summed E-state index contributed by atoms with van der Waals surface area (Å²) >= 11 is 0. The quantitative estimate of drug-likeness (QED) is 0.187. The van der Waals surface area contributed by atoms with Gasteiger partial charge in [0.15, 0.2) is 0 Å². The molecule has 0 spiro atoms. The lowest BCUT2D eigenvalue weighted by Crippen LogP contribution is -2.23. The Morgan fingerprint density at radius 3 is 0.962 bits per heavy atom. The summed E-state index contributed by atoms with van der Waals surface area (Å²) in [6.07, 6.45) is 12.2.